The van der Waals surface area contributed by atoms with E-state index in [2.05, 4.69) is 4.99 Å². The SMILES string of the molecule is CCCOC(=O)c1ccc(C=C2N=C(c3ccc([N+](=O)[O-])cc3)OC2=O)cc1. The van der Waals surface area contributed by atoms with Crippen LogP contribution in [0.5, 0.6) is 0 Å². The van der Waals surface area contributed by atoms with Gasteiger partial charge in [0.1, 0.15) is 0 Å². The first kappa shape index (κ1) is 19.0. The number of nitro groups is 1. The monoisotopic (exact) mass is 380 g/mol. The van der Waals surface area contributed by atoms with Crippen molar-refractivity contribution in [2.24, 2.45) is 4.99 Å². The highest BCUT2D eigenvalue weighted by atomic mass is 16.6. The number of nitrogens with zero attached hydrogens (tertiary/aromatic N) is 2. The second-order valence-corrected chi connectivity index (χ2v) is 5.90. The van der Waals surface area contributed by atoms with Crippen LogP contribution in [0.2, 0.25) is 0 Å². The van der Waals surface area contributed by atoms with Gasteiger partial charge in [-0.3, -0.25) is 10.1 Å². The maximum absolute atomic E-state index is 12.0. The summed E-state index contributed by atoms with van der Waals surface area (Å²) in [7, 11) is 0. The smallest absolute Gasteiger partial charge is 0.363 e. The Morgan fingerprint density at radius 2 is 1.86 bits per heavy atom. The van der Waals surface area contributed by atoms with Gasteiger partial charge in [-0.2, -0.15) is 0 Å². The zero-order valence-electron chi connectivity index (χ0n) is 15.0. The third-order valence-corrected chi connectivity index (χ3v) is 3.83. The van der Waals surface area contributed by atoms with E-state index in [0.29, 0.717) is 23.3 Å². The van der Waals surface area contributed by atoms with Crippen LogP contribution in [-0.4, -0.2) is 29.4 Å². The summed E-state index contributed by atoms with van der Waals surface area (Å²) < 4.78 is 10.2. The number of rotatable bonds is 6. The molecule has 0 unspecified atom stereocenters. The van der Waals surface area contributed by atoms with E-state index in [4.69, 9.17) is 9.47 Å². The summed E-state index contributed by atoms with van der Waals surface area (Å²) in [5.41, 5.74) is 1.56. The highest BCUT2D eigenvalue weighted by Gasteiger charge is 2.24. The molecule has 0 fully saturated rings. The summed E-state index contributed by atoms with van der Waals surface area (Å²) in [4.78, 5) is 38.2. The van der Waals surface area contributed by atoms with E-state index in [1.54, 1.807) is 24.3 Å². The van der Waals surface area contributed by atoms with Crippen LogP contribution in [0.25, 0.3) is 6.08 Å². The van der Waals surface area contributed by atoms with Crippen molar-refractivity contribution >= 4 is 29.6 Å². The Kier molecular flexibility index (Phi) is 5.59. The second-order valence-electron chi connectivity index (χ2n) is 5.90. The second kappa shape index (κ2) is 8.26. The van der Waals surface area contributed by atoms with Gasteiger partial charge in [-0.05, 0) is 42.3 Å². The van der Waals surface area contributed by atoms with Gasteiger partial charge in [-0.25, -0.2) is 14.6 Å². The van der Waals surface area contributed by atoms with Crippen molar-refractivity contribution in [3.63, 3.8) is 0 Å². The fourth-order valence-corrected chi connectivity index (χ4v) is 2.41. The zero-order valence-corrected chi connectivity index (χ0v) is 15.0. The lowest BCUT2D eigenvalue weighted by Gasteiger charge is -2.03. The molecule has 8 heteroatoms. The number of hydrogen-bond acceptors (Lipinski definition) is 7. The fourth-order valence-electron chi connectivity index (χ4n) is 2.41. The maximum Gasteiger partial charge on any atom is 0.363 e. The molecule has 2 aromatic carbocycles. The Morgan fingerprint density at radius 3 is 2.46 bits per heavy atom. The molecule has 1 heterocycles. The van der Waals surface area contributed by atoms with E-state index in [0.717, 1.165) is 6.42 Å². The average Bonchev–Trinajstić information content (AvgIpc) is 3.07. The molecular formula is C20H16N2O6. The molecule has 0 aromatic heterocycles. The summed E-state index contributed by atoms with van der Waals surface area (Å²) in [5.74, 6) is -0.953. The lowest BCUT2D eigenvalue weighted by molar-refractivity contribution is -0.384. The Labute approximate surface area is 160 Å². The molecular weight excluding hydrogens is 364 g/mol. The third-order valence-electron chi connectivity index (χ3n) is 3.83. The topological polar surface area (TPSA) is 108 Å². The molecule has 0 spiro atoms. The van der Waals surface area contributed by atoms with Crippen LogP contribution in [0, 0.1) is 10.1 Å². The van der Waals surface area contributed by atoms with E-state index >= 15 is 0 Å². The molecule has 0 bridgehead atoms. The molecule has 1 aliphatic heterocycles. The first-order chi connectivity index (χ1) is 13.5. The molecule has 3 rings (SSSR count). The van der Waals surface area contributed by atoms with Crippen molar-refractivity contribution in [1.82, 2.24) is 0 Å². The highest BCUT2D eigenvalue weighted by molar-refractivity contribution is 6.12. The Morgan fingerprint density at radius 1 is 1.18 bits per heavy atom. The van der Waals surface area contributed by atoms with E-state index in [1.807, 2.05) is 6.92 Å². The zero-order chi connectivity index (χ0) is 20.1. The van der Waals surface area contributed by atoms with Crippen LogP contribution in [0.15, 0.2) is 59.2 Å². The number of carbonyl (C=O) groups is 2. The number of hydrogen-bond donors (Lipinski definition) is 0. The van der Waals surface area contributed by atoms with Gasteiger partial charge in [0.25, 0.3) is 5.69 Å². The molecule has 0 atom stereocenters. The minimum atomic E-state index is -0.625. The summed E-state index contributed by atoms with van der Waals surface area (Å²) in [6.07, 6.45) is 2.27. The molecule has 1 aliphatic rings. The number of benzene rings is 2. The third kappa shape index (κ3) is 4.29. The lowest BCUT2D eigenvalue weighted by atomic mass is 10.1. The quantitative estimate of drug-likeness (QED) is 0.328. The number of aliphatic imine (C=N–C) groups is 1. The molecule has 0 aliphatic carbocycles. The van der Waals surface area contributed by atoms with Gasteiger partial charge in [-0.1, -0.05) is 19.1 Å². The minimum absolute atomic E-state index is 0.0676. The van der Waals surface area contributed by atoms with Crippen LogP contribution in [0.1, 0.15) is 34.8 Å². The molecule has 0 N–H and O–H groups in total. The largest absolute Gasteiger partial charge is 0.462 e. The molecule has 2 aromatic rings. The van der Waals surface area contributed by atoms with Gasteiger partial charge in [0.2, 0.25) is 5.90 Å². The predicted molar refractivity (Wildman–Crippen MR) is 101 cm³/mol. The number of ether oxygens (including phenoxy) is 2. The van der Waals surface area contributed by atoms with Crippen LogP contribution in [0.4, 0.5) is 5.69 Å². The van der Waals surface area contributed by atoms with E-state index in [1.165, 1.54) is 30.3 Å². The van der Waals surface area contributed by atoms with Crippen LogP contribution in [-0.2, 0) is 14.3 Å². The van der Waals surface area contributed by atoms with Crippen LogP contribution >= 0.6 is 0 Å². The number of nitro benzene ring substituents is 1. The standard InChI is InChI=1S/C20H16N2O6/c1-2-11-27-19(23)15-5-3-13(4-6-15)12-17-20(24)28-18(21-17)14-7-9-16(10-8-14)22(25)26/h3-10,12H,2,11H2,1H3. The summed E-state index contributed by atoms with van der Waals surface area (Å²) in [6.45, 7) is 2.27. The molecule has 28 heavy (non-hydrogen) atoms. The molecule has 0 amide bonds. The molecule has 0 radical (unpaired) electrons. The first-order valence-corrected chi connectivity index (χ1v) is 8.52. The normalized spacial score (nSPS) is 14.5. The van der Waals surface area contributed by atoms with Crippen molar-refractivity contribution in [1.29, 1.82) is 0 Å². The summed E-state index contributed by atoms with van der Waals surface area (Å²) in [5, 5.41) is 10.7. The molecule has 0 saturated heterocycles. The van der Waals surface area contributed by atoms with Crippen molar-refractivity contribution in [2.45, 2.75) is 13.3 Å². The minimum Gasteiger partial charge on any atom is -0.462 e. The maximum atomic E-state index is 12.0. The van der Waals surface area contributed by atoms with Crippen LogP contribution < -0.4 is 0 Å². The summed E-state index contributed by atoms with van der Waals surface area (Å²) >= 11 is 0. The van der Waals surface area contributed by atoms with E-state index < -0.39 is 16.9 Å². The van der Waals surface area contributed by atoms with Gasteiger partial charge >= 0.3 is 11.9 Å². The van der Waals surface area contributed by atoms with E-state index in [-0.39, 0.29) is 17.3 Å². The van der Waals surface area contributed by atoms with Crippen molar-refractivity contribution in [3.8, 4) is 0 Å². The molecule has 0 saturated carbocycles. The van der Waals surface area contributed by atoms with Gasteiger partial charge in [0, 0.05) is 17.7 Å². The summed E-state index contributed by atoms with van der Waals surface area (Å²) in [6, 6.07) is 12.1. The predicted octanol–water partition coefficient (Wildman–Crippen LogP) is 3.51. The Bertz CT molecular complexity index is 975. The van der Waals surface area contributed by atoms with Gasteiger partial charge < -0.3 is 9.47 Å². The van der Waals surface area contributed by atoms with Crippen molar-refractivity contribution in [3.05, 3.63) is 81.0 Å². The average molecular weight is 380 g/mol. The number of non-ortho nitro benzene ring substituents is 1. The number of cyclic esters (lactones) is 1. The van der Waals surface area contributed by atoms with Gasteiger partial charge in [-0.15, -0.1) is 0 Å². The van der Waals surface area contributed by atoms with Gasteiger partial charge in [0.15, 0.2) is 5.70 Å². The molecule has 142 valence electrons. The first-order valence-electron chi connectivity index (χ1n) is 8.52. The van der Waals surface area contributed by atoms with Gasteiger partial charge in [0.05, 0.1) is 17.1 Å². The Balaban J connectivity index is 1.77. The molecule has 8 nitrogen and oxygen atoms in total. The van der Waals surface area contributed by atoms with E-state index in [9.17, 15) is 19.7 Å². The van der Waals surface area contributed by atoms with Crippen molar-refractivity contribution < 1.29 is 24.0 Å². The van der Waals surface area contributed by atoms with Crippen molar-refractivity contribution in [2.75, 3.05) is 6.61 Å². The Hall–Kier alpha value is -3.81. The fraction of sp³-hybridized carbons (Fsp3) is 0.150. The lowest BCUT2D eigenvalue weighted by Crippen LogP contribution is -2.06. The highest BCUT2D eigenvalue weighted by Crippen LogP contribution is 2.21. The number of esters is 2. The number of carbonyl (C=O) groups excluding carboxylic acids is 2. The van der Waals surface area contributed by atoms with Crippen LogP contribution in [0.3, 0.4) is 0 Å².